The van der Waals surface area contributed by atoms with Gasteiger partial charge >= 0.3 is 6.09 Å². The summed E-state index contributed by atoms with van der Waals surface area (Å²) >= 11 is 0. The van der Waals surface area contributed by atoms with Gasteiger partial charge in [-0.1, -0.05) is 13.8 Å². The summed E-state index contributed by atoms with van der Waals surface area (Å²) in [5, 5.41) is 3.62. The van der Waals surface area contributed by atoms with Crippen molar-refractivity contribution in [1.82, 2.24) is 10.2 Å². The number of amides is 1. The smallest absolute Gasteiger partial charge is 0.410 e. The highest BCUT2D eigenvalue weighted by Gasteiger charge is 2.56. The molecule has 1 aliphatic carbocycles. The van der Waals surface area contributed by atoms with Crippen molar-refractivity contribution >= 4 is 6.09 Å². The molecule has 2 rings (SSSR count). The van der Waals surface area contributed by atoms with E-state index in [9.17, 15) is 4.79 Å². The van der Waals surface area contributed by atoms with Gasteiger partial charge in [0.2, 0.25) is 0 Å². The van der Waals surface area contributed by atoms with Crippen LogP contribution in [0.1, 0.15) is 41.0 Å². The minimum absolute atomic E-state index is 0.152. The third-order valence-corrected chi connectivity index (χ3v) is 3.95. The van der Waals surface area contributed by atoms with Crippen molar-refractivity contribution in [3.05, 3.63) is 0 Å². The summed E-state index contributed by atoms with van der Waals surface area (Å²) in [6.07, 6.45) is 1.08. The summed E-state index contributed by atoms with van der Waals surface area (Å²) in [6.45, 7) is 13.1. The van der Waals surface area contributed by atoms with E-state index in [1.54, 1.807) is 0 Å². The van der Waals surface area contributed by atoms with E-state index in [-0.39, 0.29) is 6.09 Å². The average molecular weight is 268 g/mol. The first kappa shape index (κ1) is 14.6. The van der Waals surface area contributed by atoms with Gasteiger partial charge in [-0.05, 0) is 51.5 Å². The number of ether oxygens (including phenoxy) is 1. The fourth-order valence-corrected chi connectivity index (χ4v) is 2.84. The van der Waals surface area contributed by atoms with Crippen molar-refractivity contribution in [1.29, 1.82) is 0 Å². The molecule has 1 saturated heterocycles. The van der Waals surface area contributed by atoms with Gasteiger partial charge in [0, 0.05) is 19.1 Å². The predicted molar refractivity (Wildman–Crippen MR) is 76.0 cm³/mol. The fraction of sp³-hybridized carbons (Fsp3) is 0.933. The van der Waals surface area contributed by atoms with Crippen molar-refractivity contribution in [3.63, 3.8) is 0 Å². The molecule has 2 atom stereocenters. The number of rotatable bonds is 4. The first-order valence-electron chi connectivity index (χ1n) is 7.49. The van der Waals surface area contributed by atoms with Gasteiger partial charge in [0.05, 0.1) is 0 Å². The topological polar surface area (TPSA) is 41.6 Å². The molecule has 1 N–H and O–H groups in total. The molecule has 0 radical (unpaired) electrons. The van der Waals surface area contributed by atoms with Crippen molar-refractivity contribution < 1.29 is 9.53 Å². The highest BCUT2D eigenvalue weighted by Crippen LogP contribution is 2.45. The monoisotopic (exact) mass is 268 g/mol. The van der Waals surface area contributed by atoms with Gasteiger partial charge in [-0.15, -0.1) is 0 Å². The standard InChI is InChI=1S/C15H28N2O2/c1-10(2)6-7-16-13-11-8-17(9-12(11)13)14(18)19-15(3,4)5/h10-13,16H,6-9H2,1-5H3. The van der Waals surface area contributed by atoms with Crippen LogP contribution in [0.3, 0.4) is 0 Å². The fourth-order valence-electron chi connectivity index (χ4n) is 2.84. The Labute approximate surface area is 116 Å². The number of carbonyl (C=O) groups is 1. The Bertz CT molecular complexity index is 324. The minimum Gasteiger partial charge on any atom is -0.444 e. The third-order valence-electron chi connectivity index (χ3n) is 3.95. The summed E-state index contributed by atoms with van der Waals surface area (Å²) in [6, 6.07) is 0.637. The van der Waals surface area contributed by atoms with Gasteiger partial charge in [0.15, 0.2) is 0 Å². The lowest BCUT2D eigenvalue weighted by Gasteiger charge is -2.26. The normalized spacial score (nSPS) is 29.6. The lowest BCUT2D eigenvalue weighted by molar-refractivity contribution is 0.0269. The Hall–Kier alpha value is -0.770. The molecule has 1 saturated carbocycles. The van der Waals surface area contributed by atoms with E-state index in [1.165, 1.54) is 6.42 Å². The van der Waals surface area contributed by atoms with Crippen LogP contribution in [0.2, 0.25) is 0 Å². The van der Waals surface area contributed by atoms with Crippen molar-refractivity contribution in [2.45, 2.75) is 52.7 Å². The number of hydrogen-bond acceptors (Lipinski definition) is 3. The van der Waals surface area contributed by atoms with E-state index < -0.39 is 5.60 Å². The Kier molecular flexibility index (Phi) is 4.09. The molecule has 0 aromatic heterocycles. The second-order valence-corrected chi connectivity index (χ2v) is 7.38. The van der Waals surface area contributed by atoms with Crippen LogP contribution in [0, 0.1) is 17.8 Å². The Morgan fingerprint density at radius 3 is 2.37 bits per heavy atom. The van der Waals surface area contributed by atoms with Gasteiger partial charge in [-0.3, -0.25) is 0 Å². The van der Waals surface area contributed by atoms with Crippen LogP contribution in [-0.2, 0) is 4.74 Å². The first-order chi connectivity index (χ1) is 8.78. The molecule has 0 spiro atoms. The SMILES string of the molecule is CC(C)CCNC1C2CN(C(=O)OC(C)(C)C)CC21. The molecule has 0 aromatic carbocycles. The molecule has 0 aromatic rings. The lowest BCUT2D eigenvalue weighted by Crippen LogP contribution is -2.39. The molecule has 1 amide bonds. The van der Waals surface area contributed by atoms with Gasteiger partial charge in [0.25, 0.3) is 0 Å². The average Bonchev–Trinajstić information content (AvgIpc) is 2.70. The highest BCUT2D eigenvalue weighted by molar-refractivity contribution is 5.69. The van der Waals surface area contributed by atoms with Crippen LogP contribution in [-0.4, -0.2) is 42.3 Å². The largest absolute Gasteiger partial charge is 0.444 e. The summed E-state index contributed by atoms with van der Waals surface area (Å²) in [5.41, 5.74) is -0.390. The maximum Gasteiger partial charge on any atom is 0.410 e. The quantitative estimate of drug-likeness (QED) is 0.851. The molecule has 4 heteroatoms. The summed E-state index contributed by atoms with van der Waals surface area (Å²) < 4.78 is 5.40. The van der Waals surface area contributed by atoms with Crippen LogP contribution in [0.25, 0.3) is 0 Å². The van der Waals surface area contributed by atoms with Crippen molar-refractivity contribution in [2.24, 2.45) is 17.8 Å². The van der Waals surface area contributed by atoms with Crippen molar-refractivity contribution in [3.8, 4) is 0 Å². The van der Waals surface area contributed by atoms with E-state index >= 15 is 0 Å². The van der Waals surface area contributed by atoms with E-state index in [4.69, 9.17) is 4.74 Å². The van der Waals surface area contributed by atoms with Gasteiger partial charge in [0.1, 0.15) is 5.60 Å². The van der Waals surface area contributed by atoms with Crippen LogP contribution in [0.5, 0.6) is 0 Å². The molecule has 19 heavy (non-hydrogen) atoms. The number of likely N-dealkylation sites (tertiary alicyclic amines) is 1. The maximum atomic E-state index is 11.9. The number of nitrogens with zero attached hydrogens (tertiary/aromatic N) is 1. The first-order valence-corrected chi connectivity index (χ1v) is 7.49. The van der Waals surface area contributed by atoms with E-state index in [2.05, 4.69) is 19.2 Å². The Morgan fingerprint density at radius 1 is 1.32 bits per heavy atom. The summed E-state index contributed by atoms with van der Waals surface area (Å²) in [5.74, 6) is 2.06. The molecule has 1 heterocycles. The molecule has 110 valence electrons. The second-order valence-electron chi connectivity index (χ2n) is 7.38. The zero-order chi connectivity index (χ0) is 14.2. The molecule has 1 aliphatic heterocycles. The molecule has 2 aliphatic rings. The number of fused-ring (bicyclic) bond motifs is 1. The zero-order valence-electron chi connectivity index (χ0n) is 12.9. The van der Waals surface area contributed by atoms with Crippen molar-refractivity contribution in [2.75, 3.05) is 19.6 Å². The summed E-state index contributed by atoms with van der Waals surface area (Å²) in [7, 11) is 0. The lowest BCUT2D eigenvalue weighted by atomic mass is 10.1. The van der Waals surface area contributed by atoms with Gasteiger partial charge < -0.3 is 15.0 Å². The Morgan fingerprint density at radius 2 is 1.89 bits per heavy atom. The van der Waals surface area contributed by atoms with Crippen LogP contribution in [0.4, 0.5) is 4.79 Å². The zero-order valence-corrected chi connectivity index (χ0v) is 12.9. The number of nitrogens with one attached hydrogen (secondary N) is 1. The third kappa shape index (κ3) is 3.85. The number of hydrogen-bond donors (Lipinski definition) is 1. The molecule has 2 unspecified atom stereocenters. The minimum atomic E-state index is -0.390. The maximum absolute atomic E-state index is 11.9. The molecule has 2 fully saturated rings. The highest BCUT2D eigenvalue weighted by atomic mass is 16.6. The number of piperidine rings is 1. The molecular formula is C15H28N2O2. The molecular weight excluding hydrogens is 240 g/mol. The van der Waals surface area contributed by atoms with E-state index in [1.807, 2.05) is 25.7 Å². The predicted octanol–water partition coefficient (Wildman–Crippen LogP) is 2.49. The van der Waals surface area contributed by atoms with Crippen LogP contribution >= 0.6 is 0 Å². The Balaban J connectivity index is 1.67. The van der Waals surface area contributed by atoms with E-state index in [0.717, 1.165) is 25.6 Å². The summed E-state index contributed by atoms with van der Waals surface area (Å²) in [4.78, 5) is 13.8. The van der Waals surface area contributed by atoms with Gasteiger partial charge in [-0.2, -0.15) is 0 Å². The van der Waals surface area contributed by atoms with Gasteiger partial charge in [-0.25, -0.2) is 4.79 Å². The van der Waals surface area contributed by atoms with Crippen LogP contribution < -0.4 is 5.32 Å². The molecule has 4 nitrogen and oxygen atoms in total. The van der Waals surface area contributed by atoms with E-state index in [0.29, 0.717) is 17.9 Å². The molecule has 0 bridgehead atoms. The second kappa shape index (κ2) is 5.31. The number of carbonyl (C=O) groups excluding carboxylic acids is 1. The van der Waals surface area contributed by atoms with Crippen LogP contribution in [0.15, 0.2) is 0 Å².